The number of hydrogen-bond donors (Lipinski definition) is 1. The Bertz CT molecular complexity index is 1190. The van der Waals surface area contributed by atoms with Gasteiger partial charge in [-0.2, -0.15) is 26.3 Å². The van der Waals surface area contributed by atoms with Crippen LogP contribution >= 0.6 is 0 Å². The van der Waals surface area contributed by atoms with E-state index in [0.29, 0.717) is 50.9 Å². The first-order valence-electron chi connectivity index (χ1n) is 14.3. The molecule has 0 radical (unpaired) electrons. The second-order valence-electron chi connectivity index (χ2n) is 11.2. The van der Waals surface area contributed by atoms with Crippen LogP contribution in [-0.2, 0) is 26.7 Å². The molecule has 0 spiro atoms. The lowest BCUT2D eigenvalue weighted by Gasteiger charge is -2.42. The van der Waals surface area contributed by atoms with Gasteiger partial charge in [0.1, 0.15) is 0 Å². The summed E-state index contributed by atoms with van der Waals surface area (Å²) >= 11 is 0. The monoisotopic (exact) mass is 598 g/mol. The van der Waals surface area contributed by atoms with E-state index in [2.05, 4.69) is 5.32 Å². The van der Waals surface area contributed by atoms with Gasteiger partial charge in [0.25, 0.3) is 0 Å². The number of rotatable bonds is 7. The molecular weight excluding hydrogens is 562 g/mol. The van der Waals surface area contributed by atoms with Gasteiger partial charge in [-0.25, -0.2) is 0 Å². The molecule has 0 aromatic heterocycles. The van der Waals surface area contributed by atoms with Gasteiger partial charge in [-0.15, -0.1) is 0 Å². The smallest absolute Gasteiger partial charge is 0.370 e. The third-order valence-corrected chi connectivity index (χ3v) is 8.31. The first kappa shape index (κ1) is 31.8. The lowest BCUT2D eigenvalue weighted by Crippen LogP contribution is -2.49. The second-order valence-corrected chi connectivity index (χ2v) is 11.2. The highest BCUT2D eigenvalue weighted by molar-refractivity contribution is 5.79. The van der Waals surface area contributed by atoms with E-state index in [1.807, 2.05) is 30.3 Å². The van der Waals surface area contributed by atoms with Gasteiger partial charge in [0.2, 0.25) is 11.8 Å². The molecule has 0 unspecified atom stereocenters. The van der Waals surface area contributed by atoms with Crippen molar-refractivity contribution in [2.24, 2.45) is 5.92 Å². The molecule has 1 saturated heterocycles. The molecule has 1 aliphatic carbocycles. The van der Waals surface area contributed by atoms with Crippen molar-refractivity contribution in [3.63, 3.8) is 0 Å². The number of carbonyl (C=O) groups excluding carboxylic acids is 2. The summed E-state index contributed by atoms with van der Waals surface area (Å²) in [6.45, 7) is 3.93. The van der Waals surface area contributed by atoms with Crippen LogP contribution in [0.25, 0.3) is 0 Å². The largest absolute Gasteiger partial charge is 0.416 e. The number of nitrogens with one attached hydrogen (secondary N) is 1. The summed E-state index contributed by atoms with van der Waals surface area (Å²) in [5.74, 6) is -0.472. The normalized spacial score (nSPS) is 24.2. The van der Waals surface area contributed by atoms with Crippen LogP contribution in [-0.4, -0.2) is 41.9 Å². The number of amides is 2. The first-order valence-corrected chi connectivity index (χ1v) is 14.3. The number of piperidine rings is 1. The number of halogens is 6. The van der Waals surface area contributed by atoms with Crippen molar-refractivity contribution < 1.29 is 40.7 Å². The quantitative estimate of drug-likeness (QED) is 0.341. The zero-order chi connectivity index (χ0) is 30.7. The van der Waals surface area contributed by atoms with Crippen molar-refractivity contribution in [2.75, 3.05) is 13.1 Å². The number of hydrogen-bond acceptors (Lipinski definition) is 3. The van der Waals surface area contributed by atoms with E-state index in [4.69, 9.17) is 4.74 Å². The maximum absolute atomic E-state index is 13.5. The Labute approximate surface area is 241 Å². The van der Waals surface area contributed by atoms with Gasteiger partial charge in [0, 0.05) is 37.4 Å². The molecule has 42 heavy (non-hydrogen) atoms. The summed E-state index contributed by atoms with van der Waals surface area (Å²) in [4.78, 5) is 27.0. The third kappa shape index (κ3) is 7.85. The van der Waals surface area contributed by atoms with Crippen LogP contribution in [0.2, 0.25) is 0 Å². The minimum absolute atomic E-state index is 0.00783. The predicted molar refractivity (Wildman–Crippen MR) is 144 cm³/mol. The van der Waals surface area contributed by atoms with E-state index in [1.165, 1.54) is 6.92 Å². The van der Waals surface area contributed by atoms with E-state index in [0.717, 1.165) is 18.4 Å². The van der Waals surface area contributed by atoms with E-state index in [-0.39, 0.29) is 41.3 Å². The van der Waals surface area contributed by atoms with Gasteiger partial charge in [0.05, 0.1) is 23.3 Å². The van der Waals surface area contributed by atoms with Gasteiger partial charge in [-0.05, 0) is 68.4 Å². The Balaban J connectivity index is 1.50. The second kappa shape index (κ2) is 13.1. The SMILES string of the molecule is CCC(=O)NC1CCC(C(=O)N2CC[C@H](O[C@@H](C)c3cc(C(F)(F)F)cc(C(F)(F)F)c3)[C@H](c3ccccc3)C2)CC1. The molecule has 1 heterocycles. The van der Waals surface area contributed by atoms with E-state index >= 15 is 0 Å². The first-order chi connectivity index (χ1) is 19.8. The summed E-state index contributed by atoms with van der Waals surface area (Å²) in [6.07, 6.45) is -7.94. The molecular formula is C31H36F6N2O3. The molecule has 1 aliphatic heterocycles. The number of ether oxygens (including phenoxy) is 1. The molecule has 2 aliphatic rings. The summed E-state index contributed by atoms with van der Waals surface area (Å²) in [7, 11) is 0. The molecule has 230 valence electrons. The molecule has 1 N–H and O–H groups in total. The fourth-order valence-electron chi connectivity index (χ4n) is 5.94. The predicted octanol–water partition coefficient (Wildman–Crippen LogP) is 7.27. The number of benzene rings is 2. The van der Waals surface area contributed by atoms with Gasteiger partial charge in [-0.3, -0.25) is 9.59 Å². The average molecular weight is 599 g/mol. The number of carbonyl (C=O) groups is 2. The maximum Gasteiger partial charge on any atom is 0.416 e. The summed E-state index contributed by atoms with van der Waals surface area (Å²) in [5.41, 5.74) is -2.11. The average Bonchev–Trinajstić information content (AvgIpc) is 2.96. The highest BCUT2D eigenvalue weighted by atomic mass is 19.4. The topological polar surface area (TPSA) is 58.6 Å². The van der Waals surface area contributed by atoms with Crippen molar-refractivity contribution >= 4 is 11.8 Å². The maximum atomic E-state index is 13.5. The Hall–Kier alpha value is -3.08. The van der Waals surface area contributed by atoms with Crippen molar-refractivity contribution in [1.29, 1.82) is 0 Å². The summed E-state index contributed by atoms with van der Waals surface area (Å²) in [5, 5.41) is 2.99. The van der Waals surface area contributed by atoms with Crippen molar-refractivity contribution in [3.05, 3.63) is 70.8 Å². The fourth-order valence-corrected chi connectivity index (χ4v) is 5.94. The van der Waals surface area contributed by atoms with Crippen LogP contribution in [0.15, 0.2) is 48.5 Å². The molecule has 1 saturated carbocycles. The van der Waals surface area contributed by atoms with Crippen molar-refractivity contribution in [2.45, 2.75) is 88.9 Å². The highest BCUT2D eigenvalue weighted by Crippen LogP contribution is 2.40. The van der Waals surface area contributed by atoms with Crippen LogP contribution in [0.3, 0.4) is 0 Å². The molecule has 2 amide bonds. The highest BCUT2D eigenvalue weighted by Gasteiger charge is 2.40. The number of likely N-dealkylation sites (tertiary alicyclic amines) is 1. The molecule has 2 aromatic rings. The molecule has 11 heteroatoms. The zero-order valence-corrected chi connectivity index (χ0v) is 23.6. The minimum Gasteiger partial charge on any atom is -0.370 e. The van der Waals surface area contributed by atoms with Gasteiger partial charge in [-0.1, -0.05) is 37.3 Å². The zero-order valence-electron chi connectivity index (χ0n) is 23.6. The van der Waals surface area contributed by atoms with Crippen LogP contribution < -0.4 is 5.32 Å². The van der Waals surface area contributed by atoms with Crippen LogP contribution in [0, 0.1) is 5.92 Å². The summed E-state index contributed by atoms with van der Waals surface area (Å²) < 4.78 is 86.9. The minimum atomic E-state index is -4.95. The third-order valence-electron chi connectivity index (χ3n) is 8.31. The molecule has 0 bridgehead atoms. The molecule has 4 rings (SSSR count). The Morgan fingerprint density at radius 1 is 0.929 bits per heavy atom. The van der Waals surface area contributed by atoms with E-state index in [1.54, 1.807) is 11.8 Å². The van der Waals surface area contributed by atoms with Crippen LogP contribution in [0.5, 0.6) is 0 Å². The van der Waals surface area contributed by atoms with E-state index in [9.17, 15) is 35.9 Å². The Morgan fingerprint density at radius 2 is 1.52 bits per heavy atom. The molecule has 5 nitrogen and oxygen atoms in total. The van der Waals surface area contributed by atoms with Gasteiger partial charge >= 0.3 is 12.4 Å². The molecule has 2 fully saturated rings. The van der Waals surface area contributed by atoms with Gasteiger partial charge in [0.15, 0.2) is 0 Å². The van der Waals surface area contributed by atoms with E-state index < -0.39 is 35.7 Å². The summed E-state index contributed by atoms with van der Waals surface area (Å²) in [6, 6.07) is 10.9. The van der Waals surface area contributed by atoms with Crippen LogP contribution in [0.1, 0.15) is 86.6 Å². The Kier molecular flexibility index (Phi) is 9.90. The molecule has 2 aromatic carbocycles. The number of alkyl halides is 6. The van der Waals surface area contributed by atoms with Crippen LogP contribution in [0.4, 0.5) is 26.3 Å². The lowest BCUT2D eigenvalue weighted by molar-refractivity contribution is -0.143. The van der Waals surface area contributed by atoms with Gasteiger partial charge < -0.3 is 15.0 Å². The Morgan fingerprint density at radius 3 is 2.07 bits per heavy atom. The van der Waals surface area contributed by atoms with Crippen molar-refractivity contribution in [3.8, 4) is 0 Å². The molecule has 3 atom stereocenters. The number of nitrogens with zero attached hydrogens (tertiary/aromatic N) is 1. The standard InChI is InChI=1S/C31H36F6N2O3/c1-3-28(40)38-25-11-9-21(10-12-25)29(41)39-14-13-27(26(18-39)20-7-5-4-6-8-20)42-19(2)22-15-23(30(32,33)34)17-24(16-22)31(35,36)37/h4-8,15-17,19,21,25-27H,3,9-14,18H2,1-2H3,(H,38,40)/t19-,21?,25?,26-,27-/m0/s1. The fraction of sp³-hybridized carbons (Fsp3) is 0.548. The lowest BCUT2D eigenvalue weighted by atomic mass is 9.83. The van der Waals surface area contributed by atoms with Crippen molar-refractivity contribution in [1.82, 2.24) is 10.2 Å².